The molecule has 7 nitrogen and oxygen atoms in total. The summed E-state index contributed by atoms with van der Waals surface area (Å²) in [5.74, 6) is 1.89. The molecular formula is C22H23N5O2. The van der Waals surface area contributed by atoms with Gasteiger partial charge in [0.05, 0.1) is 12.4 Å². The average Bonchev–Trinajstić information content (AvgIpc) is 3.30. The van der Waals surface area contributed by atoms with Crippen molar-refractivity contribution >= 4 is 22.1 Å². The number of para-hydroxylation sites is 1. The van der Waals surface area contributed by atoms with Gasteiger partial charge in [0.1, 0.15) is 18.1 Å². The minimum absolute atomic E-state index is 0.0954. The lowest BCUT2D eigenvalue weighted by Gasteiger charge is -2.18. The fourth-order valence-electron chi connectivity index (χ4n) is 4.17. The van der Waals surface area contributed by atoms with E-state index in [4.69, 9.17) is 9.47 Å². The van der Waals surface area contributed by atoms with Gasteiger partial charge in [0.15, 0.2) is 16.9 Å². The average molecular weight is 389 g/mol. The molecule has 1 aliphatic heterocycles. The van der Waals surface area contributed by atoms with E-state index >= 15 is 0 Å². The van der Waals surface area contributed by atoms with Crippen molar-refractivity contribution in [2.75, 3.05) is 0 Å². The Labute approximate surface area is 168 Å². The maximum Gasteiger partial charge on any atom is 0.251 e. The van der Waals surface area contributed by atoms with E-state index in [2.05, 4.69) is 40.7 Å². The number of imidazole rings is 1. The summed E-state index contributed by atoms with van der Waals surface area (Å²) >= 11 is 0. The fourth-order valence-corrected chi connectivity index (χ4v) is 4.17. The number of fused-ring (bicyclic) bond motifs is 2. The van der Waals surface area contributed by atoms with Crippen LogP contribution < -0.4 is 4.74 Å². The zero-order chi connectivity index (χ0) is 20.0. The van der Waals surface area contributed by atoms with Crippen LogP contribution in [0.2, 0.25) is 0 Å². The molecule has 5 rings (SSSR count). The van der Waals surface area contributed by atoms with Crippen LogP contribution in [0.4, 0.5) is 0 Å². The van der Waals surface area contributed by atoms with Crippen LogP contribution in [0.25, 0.3) is 22.1 Å². The van der Waals surface area contributed by atoms with Crippen molar-refractivity contribution < 1.29 is 9.47 Å². The number of benzene rings is 1. The maximum atomic E-state index is 6.32. The number of pyridine rings is 1. The van der Waals surface area contributed by atoms with Gasteiger partial charge in [0.25, 0.3) is 5.88 Å². The highest BCUT2D eigenvalue weighted by atomic mass is 16.5. The summed E-state index contributed by atoms with van der Waals surface area (Å²) < 4.78 is 14.5. The molecule has 29 heavy (non-hydrogen) atoms. The smallest absolute Gasteiger partial charge is 0.251 e. The molecule has 4 heterocycles. The van der Waals surface area contributed by atoms with Gasteiger partial charge in [-0.25, -0.2) is 9.97 Å². The molecule has 0 saturated carbocycles. The quantitative estimate of drug-likeness (QED) is 0.501. The van der Waals surface area contributed by atoms with Crippen molar-refractivity contribution in [2.45, 2.75) is 39.5 Å². The first-order valence-corrected chi connectivity index (χ1v) is 10.0. The second kappa shape index (κ2) is 7.08. The molecule has 0 amide bonds. The fraction of sp³-hybridized carbons (Fsp3) is 0.364. The lowest BCUT2D eigenvalue weighted by Crippen LogP contribution is -2.15. The van der Waals surface area contributed by atoms with Gasteiger partial charge >= 0.3 is 0 Å². The molecule has 3 aromatic heterocycles. The first-order chi connectivity index (χ1) is 14.2. The van der Waals surface area contributed by atoms with Crippen molar-refractivity contribution in [3.8, 4) is 11.6 Å². The van der Waals surface area contributed by atoms with Crippen molar-refractivity contribution in [3.63, 3.8) is 0 Å². The summed E-state index contributed by atoms with van der Waals surface area (Å²) in [5, 5.41) is 1.01. The SMILES string of the molecule is CC[C@H]1O[C@@H](n2cnc3c(Oc4cccc5cccnc45)ncnc32)[C@@H](C)C1C. The second-order valence-corrected chi connectivity index (χ2v) is 7.63. The Bertz CT molecular complexity index is 1170. The van der Waals surface area contributed by atoms with Gasteiger partial charge in [-0.05, 0) is 24.5 Å². The molecule has 0 aliphatic carbocycles. The Balaban J connectivity index is 1.54. The third-order valence-electron chi connectivity index (χ3n) is 5.98. The highest BCUT2D eigenvalue weighted by molar-refractivity contribution is 5.85. The van der Waals surface area contributed by atoms with Crippen LogP contribution in [-0.4, -0.2) is 30.6 Å². The van der Waals surface area contributed by atoms with E-state index < -0.39 is 0 Å². The lowest BCUT2D eigenvalue weighted by molar-refractivity contribution is -0.0120. The molecule has 4 atom stereocenters. The number of aromatic nitrogens is 5. The standard InChI is InChI=1S/C22H23N5O2/c1-4-16-13(2)14(3)22(29-16)27-12-26-19-20(27)24-11-25-21(19)28-17-9-5-7-15-8-6-10-23-18(15)17/h5-14,16,22H,4H2,1-3H3/t13?,14-,16+,22+/m0/s1. The summed E-state index contributed by atoms with van der Waals surface area (Å²) in [5.41, 5.74) is 2.11. The monoisotopic (exact) mass is 389 g/mol. The minimum Gasteiger partial charge on any atom is -0.435 e. The second-order valence-electron chi connectivity index (χ2n) is 7.63. The van der Waals surface area contributed by atoms with Gasteiger partial charge < -0.3 is 9.47 Å². The molecule has 1 unspecified atom stereocenters. The minimum atomic E-state index is -0.0954. The summed E-state index contributed by atoms with van der Waals surface area (Å²) in [6, 6.07) is 9.74. The Morgan fingerprint density at radius 2 is 1.86 bits per heavy atom. The predicted molar refractivity (Wildman–Crippen MR) is 110 cm³/mol. The molecule has 1 saturated heterocycles. The Kier molecular flexibility index (Phi) is 4.39. The van der Waals surface area contributed by atoms with E-state index in [0.717, 1.165) is 17.3 Å². The maximum absolute atomic E-state index is 6.32. The van der Waals surface area contributed by atoms with Gasteiger partial charge in [-0.2, -0.15) is 4.98 Å². The van der Waals surface area contributed by atoms with Crippen LogP contribution in [0.5, 0.6) is 11.6 Å². The van der Waals surface area contributed by atoms with Gasteiger partial charge in [-0.1, -0.05) is 39.0 Å². The normalized spacial score (nSPS) is 24.4. The molecule has 1 fully saturated rings. The van der Waals surface area contributed by atoms with Gasteiger partial charge in [0.2, 0.25) is 0 Å². The molecule has 4 aromatic rings. The third-order valence-corrected chi connectivity index (χ3v) is 5.98. The van der Waals surface area contributed by atoms with E-state index in [1.54, 1.807) is 12.5 Å². The van der Waals surface area contributed by atoms with Crippen LogP contribution in [0.15, 0.2) is 49.2 Å². The summed E-state index contributed by atoms with van der Waals surface area (Å²) in [4.78, 5) is 17.8. The van der Waals surface area contributed by atoms with E-state index in [1.165, 1.54) is 6.33 Å². The van der Waals surface area contributed by atoms with Crippen LogP contribution in [0.3, 0.4) is 0 Å². The number of nitrogens with zero attached hydrogens (tertiary/aromatic N) is 5. The third kappa shape index (κ3) is 2.93. The number of rotatable bonds is 4. The first-order valence-electron chi connectivity index (χ1n) is 10.0. The molecule has 0 bridgehead atoms. The topological polar surface area (TPSA) is 75.0 Å². The molecule has 7 heteroatoms. The van der Waals surface area contributed by atoms with Crippen LogP contribution in [-0.2, 0) is 4.74 Å². The van der Waals surface area contributed by atoms with E-state index in [0.29, 0.717) is 34.6 Å². The van der Waals surface area contributed by atoms with Crippen molar-refractivity contribution in [1.82, 2.24) is 24.5 Å². The zero-order valence-electron chi connectivity index (χ0n) is 16.7. The number of hydrogen-bond donors (Lipinski definition) is 0. The largest absolute Gasteiger partial charge is 0.435 e. The molecule has 0 N–H and O–H groups in total. The highest BCUT2D eigenvalue weighted by Gasteiger charge is 2.39. The van der Waals surface area contributed by atoms with Crippen LogP contribution in [0.1, 0.15) is 33.4 Å². The summed E-state index contributed by atoms with van der Waals surface area (Å²) in [7, 11) is 0. The Morgan fingerprint density at radius 3 is 2.69 bits per heavy atom. The van der Waals surface area contributed by atoms with Gasteiger partial charge in [-0.3, -0.25) is 9.55 Å². The molecule has 1 aliphatic rings. The molecular weight excluding hydrogens is 366 g/mol. The van der Waals surface area contributed by atoms with E-state index in [-0.39, 0.29) is 12.3 Å². The van der Waals surface area contributed by atoms with E-state index in [9.17, 15) is 0 Å². The Hall–Kier alpha value is -3.06. The van der Waals surface area contributed by atoms with Crippen LogP contribution in [0, 0.1) is 11.8 Å². The van der Waals surface area contributed by atoms with Gasteiger partial charge in [0, 0.05) is 17.5 Å². The lowest BCUT2D eigenvalue weighted by atomic mass is 9.91. The number of hydrogen-bond acceptors (Lipinski definition) is 6. The molecule has 0 spiro atoms. The number of ether oxygens (including phenoxy) is 2. The van der Waals surface area contributed by atoms with Crippen LogP contribution >= 0.6 is 0 Å². The Morgan fingerprint density at radius 1 is 1.00 bits per heavy atom. The summed E-state index contributed by atoms with van der Waals surface area (Å²) in [6.45, 7) is 6.63. The van der Waals surface area contributed by atoms with Crippen molar-refractivity contribution in [2.24, 2.45) is 11.8 Å². The predicted octanol–water partition coefficient (Wildman–Crippen LogP) is 4.75. The van der Waals surface area contributed by atoms with Crippen molar-refractivity contribution in [3.05, 3.63) is 49.2 Å². The first kappa shape index (κ1) is 18.0. The molecule has 1 aromatic carbocycles. The van der Waals surface area contributed by atoms with E-state index in [1.807, 2.05) is 34.9 Å². The summed E-state index contributed by atoms with van der Waals surface area (Å²) in [6.07, 6.45) is 6.18. The zero-order valence-corrected chi connectivity index (χ0v) is 16.7. The molecule has 0 radical (unpaired) electrons. The highest BCUT2D eigenvalue weighted by Crippen LogP contribution is 2.41. The van der Waals surface area contributed by atoms with Gasteiger partial charge in [-0.15, -0.1) is 0 Å². The molecule has 148 valence electrons. The van der Waals surface area contributed by atoms with Crippen molar-refractivity contribution in [1.29, 1.82) is 0 Å².